The van der Waals surface area contributed by atoms with Crippen LogP contribution in [-0.2, 0) is 32.4 Å². The maximum atomic E-state index is 15.0. The van der Waals surface area contributed by atoms with Crippen LogP contribution in [0.2, 0.25) is 0 Å². The lowest BCUT2D eigenvalue weighted by atomic mass is 10.1. The summed E-state index contributed by atoms with van der Waals surface area (Å²) in [4.78, 5) is 27.1. The molecule has 3 heterocycles. The molecule has 31 heavy (non-hydrogen) atoms. The number of esters is 1. The van der Waals surface area contributed by atoms with Crippen LogP contribution in [-0.4, -0.2) is 53.0 Å². The van der Waals surface area contributed by atoms with Gasteiger partial charge in [-0.15, -0.1) is 0 Å². The van der Waals surface area contributed by atoms with Crippen LogP contribution in [0.1, 0.15) is 33.4 Å². The zero-order chi connectivity index (χ0) is 23.0. The zero-order valence-corrected chi connectivity index (χ0v) is 18.0. The molecule has 0 radical (unpaired) electrons. The molecule has 0 saturated carbocycles. The van der Waals surface area contributed by atoms with E-state index in [0.29, 0.717) is 4.57 Å². The van der Waals surface area contributed by atoms with Crippen molar-refractivity contribution in [2.24, 2.45) is 5.92 Å². The van der Waals surface area contributed by atoms with Gasteiger partial charge in [-0.05, 0) is 26.3 Å². The lowest BCUT2D eigenvalue weighted by Crippen LogP contribution is -2.45. The fraction of sp³-hybridized carbons (Fsp3) is 0.706. The van der Waals surface area contributed by atoms with Gasteiger partial charge in [0.05, 0.1) is 25.2 Å². The first-order chi connectivity index (χ1) is 14.4. The van der Waals surface area contributed by atoms with Crippen LogP contribution in [0.25, 0.3) is 0 Å². The Labute approximate surface area is 176 Å². The molecule has 0 amide bonds. The molecule has 0 unspecified atom stereocenters. The molecule has 2 aliphatic rings. The van der Waals surface area contributed by atoms with Crippen molar-refractivity contribution < 1.29 is 41.2 Å². The van der Waals surface area contributed by atoms with E-state index in [4.69, 9.17) is 28.8 Å². The summed E-state index contributed by atoms with van der Waals surface area (Å²) in [6.07, 6.45) is -4.49. The van der Waals surface area contributed by atoms with Crippen LogP contribution in [0.4, 0.5) is 14.6 Å². The van der Waals surface area contributed by atoms with Gasteiger partial charge < -0.3 is 15.2 Å². The summed E-state index contributed by atoms with van der Waals surface area (Å²) in [5, 5.41) is 0. The number of aromatic nitrogens is 2. The third kappa shape index (κ3) is 5.12. The van der Waals surface area contributed by atoms with E-state index in [9.17, 15) is 22.9 Å². The molecule has 11 nitrogen and oxygen atoms in total. The summed E-state index contributed by atoms with van der Waals surface area (Å²) in [6, 6.07) is 1.17. The Morgan fingerprint density at radius 3 is 2.81 bits per heavy atom. The van der Waals surface area contributed by atoms with Crippen LogP contribution < -0.4 is 11.4 Å². The normalized spacial score (nSPS) is 30.7. The number of carbonyl (C=O) groups is 1. The van der Waals surface area contributed by atoms with Crippen molar-refractivity contribution >= 4 is 19.6 Å². The molecular formula is C17H24F2N3O8P. The van der Waals surface area contributed by atoms with Gasteiger partial charge in [0.2, 0.25) is 6.23 Å². The molecule has 3 rings (SSSR count). The third-order valence-electron chi connectivity index (χ3n) is 4.65. The summed E-state index contributed by atoms with van der Waals surface area (Å²) in [7, 11) is -4.35. The monoisotopic (exact) mass is 467 g/mol. The van der Waals surface area contributed by atoms with E-state index in [-0.39, 0.29) is 24.9 Å². The quantitative estimate of drug-likeness (QED) is 0.467. The highest BCUT2D eigenvalue weighted by Gasteiger charge is 2.65. The van der Waals surface area contributed by atoms with Crippen molar-refractivity contribution in [2.75, 3.05) is 18.9 Å². The number of anilines is 1. The Morgan fingerprint density at radius 1 is 1.45 bits per heavy atom. The van der Waals surface area contributed by atoms with Gasteiger partial charge in [-0.1, -0.05) is 6.92 Å². The molecule has 0 bridgehead atoms. The molecule has 2 aliphatic heterocycles. The maximum absolute atomic E-state index is 15.0. The fourth-order valence-corrected chi connectivity index (χ4v) is 4.45. The van der Waals surface area contributed by atoms with E-state index in [1.54, 1.807) is 20.8 Å². The molecule has 2 saturated heterocycles. The minimum absolute atomic E-state index is 0.110. The van der Waals surface area contributed by atoms with E-state index in [1.165, 1.54) is 6.07 Å². The fourth-order valence-electron chi connectivity index (χ4n) is 3.05. The first kappa shape index (κ1) is 23.7. The van der Waals surface area contributed by atoms with Gasteiger partial charge in [0.25, 0.3) is 0 Å². The number of nitrogens with zero attached hydrogens (tertiary/aromatic N) is 2. The lowest BCUT2D eigenvalue weighted by Gasteiger charge is -2.31. The minimum Gasteiger partial charge on any atom is -0.463 e. The average Bonchev–Trinajstić information content (AvgIpc) is 2.91. The molecule has 14 heteroatoms. The topological polar surface area (TPSA) is 141 Å². The van der Waals surface area contributed by atoms with Crippen LogP contribution in [0, 0.1) is 5.92 Å². The van der Waals surface area contributed by atoms with Gasteiger partial charge in [0, 0.05) is 6.20 Å². The van der Waals surface area contributed by atoms with E-state index in [2.05, 4.69) is 4.98 Å². The predicted octanol–water partition coefficient (Wildman–Crippen LogP) is 1.88. The maximum Gasteiger partial charge on any atom is 0.475 e. The lowest BCUT2D eigenvalue weighted by molar-refractivity contribution is -0.152. The molecule has 0 aliphatic carbocycles. The SMILES string of the molecule is CC(C)OC(=O)[C@@H](C)CCO[P@@]1(=O)OC[C@H]2O[C@@H](n3ccc(N)nc3=O)C(F)(F)[C@@H]2O1. The standard InChI is InChI=1S/C17H24F2N3O8P/c1-9(2)28-14(23)10(3)5-7-26-31(25)27-8-11-13(30-31)17(18,19)15(29-11)22-6-4-12(20)21-16(22)24/h4,6,9-11,13,15H,5,7-8H2,1-3H3,(H2,20,21,24)/t10-,11+,13+,15+,31-/m0/s1. The van der Waals surface area contributed by atoms with E-state index < -0.39 is 56.4 Å². The minimum atomic E-state index is -4.35. The molecule has 2 N–H and O–H groups in total. The molecule has 2 fully saturated rings. The number of hydrogen-bond acceptors (Lipinski definition) is 10. The van der Waals surface area contributed by atoms with Crippen molar-refractivity contribution in [1.82, 2.24) is 9.55 Å². The number of halogens is 2. The van der Waals surface area contributed by atoms with Crippen molar-refractivity contribution in [3.05, 3.63) is 22.7 Å². The Morgan fingerprint density at radius 2 is 2.16 bits per heavy atom. The Hall–Kier alpha value is -1.92. The highest BCUT2D eigenvalue weighted by Crippen LogP contribution is 2.59. The van der Waals surface area contributed by atoms with Gasteiger partial charge in [-0.2, -0.15) is 13.8 Å². The molecule has 174 valence electrons. The van der Waals surface area contributed by atoms with Crippen molar-refractivity contribution in [3.63, 3.8) is 0 Å². The van der Waals surface area contributed by atoms with Crippen LogP contribution in [0.3, 0.4) is 0 Å². The second-order valence-corrected chi connectivity index (χ2v) is 9.14. The Bertz CT molecular complexity index is 927. The number of ether oxygens (including phenoxy) is 2. The molecule has 5 atom stereocenters. The number of nitrogens with two attached hydrogens (primary N) is 1. The number of phosphoric acid groups is 1. The highest BCUT2D eigenvalue weighted by molar-refractivity contribution is 7.48. The average molecular weight is 467 g/mol. The number of rotatable bonds is 7. The van der Waals surface area contributed by atoms with E-state index >= 15 is 0 Å². The summed E-state index contributed by atoms with van der Waals surface area (Å²) in [5.41, 5.74) is 4.34. The van der Waals surface area contributed by atoms with E-state index in [1.807, 2.05) is 0 Å². The second-order valence-electron chi connectivity index (χ2n) is 7.52. The van der Waals surface area contributed by atoms with Gasteiger partial charge >= 0.3 is 25.4 Å². The van der Waals surface area contributed by atoms with Gasteiger partial charge in [0.1, 0.15) is 11.9 Å². The molecule has 1 aromatic rings. The first-order valence-electron chi connectivity index (χ1n) is 9.59. The van der Waals surface area contributed by atoms with Crippen molar-refractivity contribution in [1.29, 1.82) is 0 Å². The Kier molecular flexibility index (Phi) is 6.82. The largest absolute Gasteiger partial charge is 0.475 e. The number of fused-ring (bicyclic) bond motifs is 1. The van der Waals surface area contributed by atoms with Crippen LogP contribution >= 0.6 is 7.82 Å². The predicted molar refractivity (Wildman–Crippen MR) is 101 cm³/mol. The zero-order valence-electron chi connectivity index (χ0n) is 17.1. The van der Waals surface area contributed by atoms with Crippen LogP contribution in [0.5, 0.6) is 0 Å². The number of hydrogen-bond donors (Lipinski definition) is 1. The first-order valence-corrected chi connectivity index (χ1v) is 11.0. The summed E-state index contributed by atoms with van der Waals surface area (Å²) < 4.78 is 68.6. The smallest absolute Gasteiger partial charge is 0.463 e. The second kappa shape index (κ2) is 8.91. The molecule has 0 aromatic carbocycles. The molecule has 1 aromatic heterocycles. The summed E-state index contributed by atoms with van der Waals surface area (Å²) in [5.74, 6) is -4.92. The summed E-state index contributed by atoms with van der Waals surface area (Å²) >= 11 is 0. The molecular weight excluding hydrogens is 443 g/mol. The molecule has 0 spiro atoms. The van der Waals surface area contributed by atoms with E-state index in [0.717, 1.165) is 6.20 Å². The Balaban J connectivity index is 1.64. The highest BCUT2D eigenvalue weighted by atomic mass is 31.2. The van der Waals surface area contributed by atoms with Gasteiger partial charge in [-0.3, -0.25) is 22.9 Å². The summed E-state index contributed by atoms with van der Waals surface area (Å²) in [6.45, 7) is 4.23. The van der Waals surface area contributed by atoms with Gasteiger partial charge in [-0.25, -0.2) is 9.36 Å². The van der Waals surface area contributed by atoms with Crippen LogP contribution in [0.15, 0.2) is 17.1 Å². The number of nitrogen functional groups attached to an aromatic ring is 1. The van der Waals surface area contributed by atoms with Crippen molar-refractivity contribution in [3.8, 4) is 0 Å². The van der Waals surface area contributed by atoms with Crippen molar-refractivity contribution in [2.45, 2.75) is 57.7 Å². The third-order valence-corrected chi connectivity index (χ3v) is 6.10. The number of carbonyl (C=O) groups excluding carboxylic acids is 1. The van der Waals surface area contributed by atoms with Gasteiger partial charge in [0.15, 0.2) is 6.10 Å². The number of phosphoric ester groups is 1. The number of alkyl halides is 2.